The number of ether oxygens (including phenoxy) is 1. The summed E-state index contributed by atoms with van der Waals surface area (Å²) in [5, 5.41) is 26.5. The van der Waals surface area contributed by atoms with Crippen LogP contribution in [0.1, 0.15) is 11.8 Å². The first-order valence-corrected chi connectivity index (χ1v) is 6.34. The number of aromatic amines is 1. The number of rotatable bonds is 3. The highest BCUT2D eigenvalue weighted by molar-refractivity contribution is 6.06. The van der Waals surface area contributed by atoms with E-state index in [1.54, 1.807) is 0 Å². The van der Waals surface area contributed by atoms with Gasteiger partial charge in [0.25, 0.3) is 5.56 Å². The fraction of sp³-hybridized carbons (Fsp3) is 0.250. The van der Waals surface area contributed by atoms with Crippen molar-refractivity contribution in [3.63, 3.8) is 0 Å². The Labute approximate surface area is 123 Å². The Morgan fingerprint density at radius 1 is 1.59 bits per heavy atom. The van der Waals surface area contributed by atoms with E-state index >= 15 is 0 Å². The summed E-state index contributed by atoms with van der Waals surface area (Å²) in [7, 11) is 0. The Morgan fingerprint density at radius 2 is 2.32 bits per heavy atom. The summed E-state index contributed by atoms with van der Waals surface area (Å²) in [6.45, 7) is -0.395. The van der Waals surface area contributed by atoms with Crippen molar-refractivity contribution >= 4 is 22.8 Å². The predicted molar refractivity (Wildman–Crippen MR) is 77.5 cm³/mol. The van der Waals surface area contributed by atoms with Crippen LogP contribution in [-0.4, -0.2) is 43.3 Å². The van der Waals surface area contributed by atoms with E-state index in [2.05, 4.69) is 9.97 Å². The number of nitrogens with zero attached hydrogens (tertiary/aromatic N) is 2. The largest absolute Gasteiger partial charge is 0.510 e. The van der Waals surface area contributed by atoms with Crippen LogP contribution < -0.4 is 17.0 Å². The summed E-state index contributed by atoms with van der Waals surface area (Å²) in [4.78, 5) is 18.4. The van der Waals surface area contributed by atoms with E-state index in [1.807, 2.05) is 0 Å². The van der Waals surface area contributed by atoms with Crippen LogP contribution >= 0.6 is 0 Å². The molecule has 0 amide bonds. The van der Waals surface area contributed by atoms with Gasteiger partial charge in [0.2, 0.25) is 5.95 Å². The standard InChI is InChI=1S/C12H14N6O4/c13-9(14)4-2-18(7-1-5(20)6(3-19)22-7)10-8(4)11(21)17-12(15)16-10/h1-2,6-7,19-20H,3H2,(H3,13,14)(H3,15,16,17,21). The molecule has 0 aromatic carbocycles. The van der Waals surface area contributed by atoms with Gasteiger partial charge in [-0.2, -0.15) is 4.98 Å². The molecule has 2 unspecified atom stereocenters. The topological polar surface area (TPSA) is 176 Å². The predicted octanol–water partition coefficient (Wildman–Crippen LogP) is -1.08. The second-order valence-corrected chi connectivity index (χ2v) is 4.80. The molecule has 10 heteroatoms. The number of nitrogens with two attached hydrogens (primary N) is 2. The molecule has 116 valence electrons. The van der Waals surface area contributed by atoms with E-state index in [1.165, 1.54) is 16.8 Å². The molecule has 0 fully saturated rings. The third-order valence-electron chi connectivity index (χ3n) is 3.38. The minimum absolute atomic E-state index is 0.100. The van der Waals surface area contributed by atoms with Crippen LogP contribution in [0.15, 0.2) is 22.8 Å². The highest BCUT2D eigenvalue weighted by atomic mass is 16.5. The summed E-state index contributed by atoms with van der Waals surface area (Å²) in [5.74, 6) is -0.542. The van der Waals surface area contributed by atoms with Crippen LogP contribution in [0, 0.1) is 5.41 Å². The highest BCUT2D eigenvalue weighted by Gasteiger charge is 2.30. The Bertz CT molecular complexity index is 851. The minimum Gasteiger partial charge on any atom is -0.510 e. The van der Waals surface area contributed by atoms with Gasteiger partial charge in [0.05, 0.1) is 12.0 Å². The lowest BCUT2D eigenvalue weighted by Crippen LogP contribution is -2.18. The van der Waals surface area contributed by atoms with Gasteiger partial charge in [0.1, 0.15) is 17.7 Å². The molecule has 10 nitrogen and oxygen atoms in total. The average Bonchev–Trinajstić information content (AvgIpc) is 2.99. The quantitative estimate of drug-likeness (QED) is 0.308. The van der Waals surface area contributed by atoms with Crippen molar-refractivity contribution in [1.82, 2.24) is 14.5 Å². The van der Waals surface area contributed by atoms with E-state index in [-0.39, 0.29) is 34.1 Å². The van der Waals surface area contributed by atoms with Crippen molar-refractivity contribution in [2.45, 2.75) is 12.3 Å². The van der Waals surface area contributed by atoms with Crippen molar-refractivity contribution in [1.29, 1.82) is 5.41 Å². The number of hydrogen-bond acceptors (Lipinski definition) is 7. The second-order valence-electron chi connectivity index (χ2n) is 4.80. The average molecular weight is 306 g/mol. The summed E-state index contributed by atoms with van der Waals surface area (Å²) in [5.41, 5.74) is 10.8. The normalized spacial score (nSPS) is 21.2. The van der Waals surface area contributed by atoms with E-state index in [0.29, 0.717) is 0 Å². The number of hydrogen-bond donors (Lipinski definition) is 6. The fourth-order valence-corrected chi connectivity index (χ4v) is 2.38. The molecule has 3 heterocycles. The zero-order valence-electron chi connectivity index (χ0n) is 11.3. The molecule has 0 radical (unpaired) electrons. The molecule has 22 heavy (non-hydrogen) atoms. The Kier molecular flexibility index (Phi) is 3.11. The summed E-state index contributed by atoms with van der Waals surface area (Å²) in [6, 6.07) is 0. The molecule has 2 atom stereocenters. The first-order chi connectivity index (χ1) is 10.4. The van der Waals surface area contributed by atoms with Gasteiger partial charge in [-0.1, -0.05) is 0 Å². The Hall–Kier alpha value is -2.85. The summed E-state index contributed by atoms with van der Waals surface area (Å²) in [6.07, 6.45) is 1.12. The first-order valence-electron chi connectivity index (χ1n) is 6.34. The van der Waals surface area contributed by atoms with Gasteiger partial charge >= 0.3 is 0 Å². The maximum Gasteiger partial charge on any atom is 0.262 e. The van der Waals surface area contributed by atoms with Gasteiger partial charge in [-0.05, 0) is 0 Å². The van der Waals surface area contributed by atoms with Gasteiger partial charge in [-0.25, -0.2) is 0 Å². The Balaban J connectivity index is 2.23. The molecule has 8 N–H and O–H groups in total. The SMILES string of the molecule is N=C(N)c1cn(C2C=C(O)C(CO)O2)c2nc(N)[nH]c(=O)c12. The molecule has 0 aliphatic carbocycles. The molecule has 0 bridgehead atoms. The maximum atomic E-state index is 12.1. The number of aliphatic hydroxyl groups excluding tert-OH is 2. The van der Waals surface area contributed by atoms with Crippen molar-refractivity contribution < 1.29 is 14.9 Å². The van der Waals surface area contributed by atoms with E-state index in [0.717, 1.165) is 0 Å². The van der Waals surface area contributed by atoms with Crippen LogP contribution in [0.25, 0.3) is 11.0 Å². The third kappa shape index (κ3) is 2.01. The first kappa shape index (κ1) is 14.1. The number of fused-ring (bicyclic) bond motifs is 1. The van der Waals surface area contributed by atoms with Gasteiger partial charge in [0, 0.05) is 17.8 Å². The molecule has 2 aromatic rings. The fourth-order valence-electron chi connectivity index (χ4n) is 2.38. The zero-order chi connectivity index (χ0) is 16.0. The van der Waals surface area contributed by atoms with Crippen LogP contribution in [-0.2, 0) is 4.74 Å². The second kappa shape index (κ2) is 4.86. The number of H-pyrrole nitrogens is 1. The van der Waals surface area contributed by atoms with E-state index in [9.17, 15) is 9.90 Å². The van der Waals surface area contributed by atoms with Crippen LogP contribution in [0.4, 0.5) is 5.95 Å². The number of nitrogens with one attached hydrogen (secondary N) is 2. The van der Waals surface area contributed by atoms with Crippen LogP contribution in [0.2, 0.25) is 0 Å². The molecular weight excluding hydrogens is 292 g/mol. The summed E-state index contributed by atoms with van der Waals surface area (Å²) >= 11 is 0. The third-order valence-corrected chi connectivity index (χ3v) is 3.38. The number of amidine groups is 1. The molecule has 1 aliphatic heterocycles. The van der Waals surface area contributed by atoms with Gasteiger partial charge < -0.3 is 31.0 Å². The van der Waals surface area contributed by atoms with Gasteiger partial charge in [0.15, 0.2) is 11.9 Å². The lowest BCUT2D eigenvalue weighted by atomic mass is 10.2. The van der Waals surface area contributed by atoms with Crippen molar-refractivity contribution in [2.75, 3.05) is 12.3 Å². The minimum atomic E-state index is -0.859. The van der Waals surface area contributed by atoms with Crippen LogP contribution in [0.5, 0.6) is 0 Å². The number of nitrogen functional groups attached to an aromatic ring is 2. The monoisotopic (exact) mass is 306 g/mol. The molecule has 0 saturated heterocycles. The van der Waals surface area contributed by atoms with Crippen LogP contribution in [0.3, 0.4) is 0 Å². The molecule has 0 saturated carbocycles. The van der Waals surface area contributed by atoms with Crippen molar-refractivity contribution in [3.8, 4) is 0 Å². The molecular formula is C12H14N6O4. The van der Waals surface area contributed by atoms with Crippen molar-refractivity contribution in [2.24, 2.45) is 5.73 Å². The molecule has 2 aromatic heterocycles. The van der Waals surface area contributed by atoms with Gasteiger partial charge in [-0.3, -0.25) is 15.2 Å². The van der Waals surface area contributed by atoms with Crippen molar-refractivity contribution in [3.05, 3.63) is 33.9 Å². The Morgan fingerprint density at radius 3 is 2.91 bits per heavy atom. The molecule has 3 rings (SSSR count). The molecule has 1 aliphatic rings. The number of aromatic nitrogens is 3. The van der Waals surface area contributed by atoms with Gasteiger partial charge in [-0.15, -0.1) is 0 Å². The lowest BCUT2D eigenvalue weighted by Gasteiger charge is -2.14. The highest BCUT2D eigenvalue weighted by Crippen LogP contribution is 2.29. The lowest BCUT2D eigenvalue weighted by molar-refractivity contribution is -0.0214. The van der Waals surface area contributed by atoms with E-state index < -0.39 is 24.5 Å². The number of anilines is 1. The summed E-state index contributed by atoms with van der Waals surface area (Å²) < 4.78 is 6.88. The zero-order valence-corrected chi connectivity index (χ0v) is 11.3. The van der Waals surface area contributed by atoms with E-state index in [4.69, 9.17) is 26.7 Å². The smallest absolute Gasteiger partial charge is 0.262 e. The maximum absolute atomic E-state index is 12.1. The number of aliphatic hydroxyl groups is 2. The molecule has 0 spiro atoms.